The molecule has 0 spiro atoms. The fourth-order valence-corrected chi connectivity index (χ4v) is 2.45. The van der Waals surface area contributed by atoms with Gasteiger partial charge in [0.05, 0.1) is 5.52 Å². The van der Waals surface area contributed by atoms with Gasteiger partial charge in [-0.25, -0.2) is 4.98 Å². The van der Waals surface area contributed by atoms with Gasteiger partial charge in [-0.2, -0.15) is 0 Å². The van der Waals surface area contributed by atoms with Crippen LogP contribution >= 0.6 is 11.6 Å². The Kier molecular flexibility index (Phi) is 3.06. The molecule has 0 aliphatic rings. The average Bonchev–Trinajstić information content (AvgIpc) is 2.46. The molecule has 3 aromatic rings. The van der Waals surface area contributed by atoms with Gasteiger partial charge in [-0.05, 0) is 23.3 Å². The molecule has 0 aliphatic heterocycles. The Morgan fingerprint density at radius 3 is 2.53 bits per heavy atom. The smallest absolute Gasteiger partial charge is 0.137 e. The lowest BCUT2D eigenvalue weighted by Crippen LogP contribution is -1.88. The topological polar surface area (TPSA) is 12.9 Å². The van der Waals surface area contributed by atoms with Crippen molar-refractivity contribution >= 4 is 28.6 Å². The molecule has 0 aliphatic carbocycles. The Morgan fingerprint density at radius 2 is 1.79 bits per heavy atom. The van der Waals surface area contributed by atoms with Gasteiger partial charge in [0.25, 0.3) is 0 Å². The van der Waals surface area contributed by atoms with Crippen molar-refractivity contribution in [2.45, 2.75) is 0 Å². The fourth-order valence-electron chi connectivity index (χ4n) is 2.19. The lowest BCUT2D eigenvalue weighted by atomic mass is 10.0. The standard InChI is InChI=1S/C17H12ClN/c1-2-12-9-6-10-16-14(12)11-15(17(18)19-16)13-7-4-3-5-8-13/h2-11H,1H2. The van der Waals surface area contributed by atoms with Crippen molar-refractivity contribution < 1.29 is 0 Å². The highest BCUT2D eigenvalue weighted by Gasteiger charge is 2.08. The second-order valence-electron chi connectivity index (χ2n) is 4.31. The van der Waals surface area contributed by atoms with Crippen molar-refractivity contribution in [1.82, 2.24) is 4.98 Å². The van der Waals surface area contributed by atoms with Crippen LogP contribution in [0.1, 0.15) is 5.56 Å². The van der Waals surface area contributed by atoms with E-state index < -0.39 is 0 Å². The molecule has 0 N–H and O–H groups in total. The van der Waals surface area contributed by atoms with E-state index in [-0.39, 0.29) is 0 Å². The fraction of sp³-hybridized carbons (Fsp3) is 0. The Hall–Kier alpha value is -2.12. The first kappa shape index (κ1) is 11.9. The van der Waals surface area contributed by atoms with Crippen LogP contribution in [0.4, 0.5) is 0 Å². The molecule has 2 aromatic carbocycles. The molecule has 0 bridgehead atoms. The first-order valence-corrected chi connectivity index (χ1v) is 6.44. The normalized spacial score (nSPS) is 10.6. The maximum absolute atomic E-state index is 6.30. The molecule has 19 heavy (non-hydrogen) atoms. The van der Waals surface area contributed by atoms with Crippen LogP contribution in [-0.2, 0) is 0 Å². The maximum Gasteiger partial charge on any atom is 0.137 e. The van der Waals surface area contributed by atoms with Crippen LogP contribution in [0.3, 0.4) is 0 Å². The van der Waals surface area contributed by atoms with Gasteiger partial charge in [0.2, 0.25) is 0 Å². The lowest BCUT2D eigenvalue weighted by Gasteiger charge is -2.08. The zero-order chi connectivity index (χ0) is 13.2. The minimum absolute atomic E-state index is 0.528. The zero-order valence-corrected chi connectivity index (χ0v) is 11.1. The van der Waals surface area contributed by atoms with Crippen LogP contribution in [0.25, 0.3) is 28.1 Å². The molecule has 3 rings (SSSR count). The lowest BCUT2D eigenvalue weighted by molar-refractivity contribution is 1.40. The van der Waals surface area contributed by atoms with E-state index in [4.69, 9.17) is 11.6 Å². The highest BCUT2D eigenvalue weighted by Crippen LogP contribution is 2.31. The molecule has 92 valence electrons. The van der Waals surface area contributed by atoms with Crippen LogP contribution < -0.4 is 0 Å². The Morgan fingerprint density at radius 1 is 1.00 bits per heavy atom. The molecule has 0 amide bonds. The van der Waals surface area contributed by atoms with E-state index in [0.717, 1.165) is 27.6 Å². The predicted octanol–water partition coefficient (Wildman–Crippen LogP) is 5.20. The van der Waals surface area contributed by atoms with Gasteiger partial charge in [-0.1, -0.05) is 66.7 Å². The number of fused-ring (bicyclic) bond motifs is 1. The van der Waals surface area contributed by atoms with Gasteiger partial charge in [0.15, 0.2) is 0 Å². The third kappa shape index (κ3) is 2.13. The molecule has 0 unspecified atom stereocenters. The van der Waals surface area contributed by atoms with Crippen LogP contribution in [0, 0.1) is 0 Å². The molecule has 0 fully saturated rings. The largest absolute Gasteiger partial charge is 0.235 e. The van der Waals surface area contributed by atoms with Gasteiger partial charge in [0, 0.05) is 10.9 Å². The first-order chi connectivity index (χ1) is 9.29. The molecular formula is C17H12ClN. The molecule has 0 saturated heterocycles. The van der Waals surface area contributed by atoms with Crippen LogP contribution in [0.2, 0.25) is 5.15 Å². The Bertz CT molecular complexity index is 748. The van der Waals surface area contributed by atoms with E-state index in [2.05, 4.69) is 17.6 Å². The van der Waals surface area contributed by atoms with Crippen molar-refractivity contribution in [3.05, 3.63) is 71.9 Å². The SMILES string of the molecule is C=Cc1cccc2nc(Cl)c(-c3ccccc3)cc12. The van der Waals surface area contributed by atoms with E-state index >= 15 is 0 Å². The summed E-state index contributed by atoms with van der Waals surface area (Å²) in [6.07, 6.45) is 1.84. The number of aromatic nitrogens is 1. The van der Waals surface area contributed by atoms with Gasteiger partial charge in [0.1, 0.15) is 5.15 Å². The molecule has 1 heterocycles. The number of halogens is 1. The highest BCUT2D eigenvalue weighted by molar-refractivity contribution is 6.32. The van der Waals surface area contributed by atoms with E-state index in [1.165, 1.54) is 0 Å². The molecule has 0 radical (unpaired) electrons. The number of rotatable bonds is 2. The van der Waals surface area contributed by atoms with E-state index in [0.29, 0.717) is 5.15 Å². The summed E-state index contributed by atoms with van der Waals surface area (Å²) >= 11 is 6.30. The van der Waals surface area contributed by atoms with Crippen molar-refractivity contribution in [1.29, 1.82) is 0 Å². The summed E-state index contributed by atoms with van der Waals surface area (Å²) in [6.45, 7) is 3.85. The predicted molar refractivity (Wildman–Crippen MR) is 82.3 cm³/mol. The van der Waals surface area contributed by atoms with Crippen LogP contribution in [0.5, 0.6) is 0 Å². The third-order valence-corrected chi connectivity index (χ3v) is 3.44. The van der Waals surface area contributed by atoms with Crippen molar-refractivity contribution in [3.8, 4) is 11.1 Å². The summed E-state index contributed by atoms with van der Waals surface area (Å²) in [5.74, 6) is 0. The molecular weight excluding hydrogens is 254 g/mol. The van der Waals surface area contributed by atoms with E-state index in [1.807, 2.05) is 54.6 Å². The summed E-state index contributed by atoms with van der Waals surface area (Å²) in [6, 6.07) is 18.1. The van der Waals surface area contributed by atoms with Gasteiger partial charge < -0.3 is 0 Å². The summed E-state index contributed by atoms with van der Waals surface area (Å²) in [5.41, 5.74) is 3.98. The summed E-state index contributed by atoms with van der Waals surface area (Å²) in [7, 11) is 0. The number of pyridine rings is 1. The third-order valence-electron chi connectivity index (χ3n) is 3.15. The monoisotopic (exact) mass is 265 g/mol. The Labute approximate surface area is 117 Å². The van der Waals surface area contributed by atoms with E-state index in [1.54, 1.807) is 0 Å². The molecule has 0 atom stereocenters. The van der Waals surface area contributed by atoms with Gasteiger partial charge in [-0.3, -0.25) is 0 Å². The van der Waals surface area contributed by atoms with E-state index in [9.17, 15) is 0 Å². The minimum atomic E-state index is 0.528. The number of hydrogen-bond acceptors (Lipinski definition) is 1. The molecule has 2 heteroatoms. The van der Waals surface area contributed by atoms with Crippen molar-refractivity contribution in [2.75, 3.05) is 0 Å². The average molecular weight is 266 g/mol. The van der Waals surface area contributed by atoms with Gasteiger partial charge in [-0.15, -0.1) is 0 Å². The zero-order valence-electron chi connectivity index (χ0n) is 10.3. The Balaban J connectivity index is 2.32. The number of benzene rings is 2. The van der Waals surface area contributed by atoms with Crippen molar-refractivity contribution in [3.63, 3.8) is 0 Å². The molecule has 1 nitrogen and oxygen atoms in total. The number of nitrogens with zero attached hydrogens (tertiary/aromatic N) is 1. The molecule has 1 aromatic heterocycles. The first-order valence-electron chi connectivity index (χ1n) is 6.07. The second-order valence-corrected chi connectivity index (χ2v) is 4.67. The van der Waals surface area contributed by atoms with Crippen LogP contribution in [-0.4, -0.2) is 4.98 Å². The minimum Gasteiger partial charge on any atom is -0.235 e. The molecule has 0 saturated carbocycles. The quantitative estimate of drug-likeness (QED) is 0.581. The summed E-state index contributed by atoms with van der Waals surface area (Å²) in [5, 5.41) is 1.60. The maximum atomic E-state index is 6.30. The second kappa shape index (κ2) is 4.87. The van der Waals surface area contributed by atoms with Crippen molar-refractivity contribution in [2.24, 2.45) is 0 Å². The number of hydrogen-bond donors (Lipinski definition) is 0. The van der Waals surface area contributed by atoms with Gasteiger partial charge >= 0.3 is 0 Å². The van der Waals surface area contributed by atoms with Crippen LogP contribution in [0.15, 0.2) is 61.2 Å². The summed E-state index contributed by atoms with van der Waals surface area (Å²) < 4.78 is 0. The summed E-state index contributed by atoms with van der Waals surface area (Å²) in [4.78, 5) is 4.48. The highest BCUT2D eigenvalue weighted by atomic mass is 35.5.